The number of rotatable bonds is 9. The molecule has 1 aromatic heterocycles. The highest BCUT2D eigenvalue weighted by molar-refractivity contribution is 5.78. The number of methoxy groups -OCH3 is 1. The van der Waals surface area contributed by atoms with E-state index in [0.717, 1.165) is 42.7 Å². The van der Waals surface area contributed by atoms with E-state index in [4.69, 9.17) is 14.2 Å². The fourth-order valence-electron chi connectivity index (χ4n) is 5.72. The molecule has 0 bridgehead atoms. The van der Waals surface area contributed by atoms with Crippen LogP contribution in [0, 0.1) is 5.41 Å². The highest BCUT2D eigenvalue weighted by atomic mass is 16.6. The molecule has 3 heterocycles. The van der Waals surface area contributed by atoms with Gasteiger partial charge in [0.1, 0.15) is 18.0 Å². The van der Waals surface area contributed by atoms with E-state index in [-0.39, 0.29) is 43.0 Å². The van der Waals surface area contributed by atoms with Gasteiger partial charge >= 0.3 is 5.97 Å². The van der Waals surface area contributed by atoms with Gasteiger partial charge in [-0.3, -0.25) is 9.59 Å². The first kappa shape index (κ1) is 24.5. The van der Waals surface area contributed by atoms with Crippen LogP contribution >= 0.6 is 0 Å². The number of benzene rings is 1. The molecular formula is C26H32N4O6. The van der Waals surface area contributed by atoms with Crippen LogP contribution in [0.2, 0.25) is 0 Å². The highest BCUT2D eigenvalue weighted by Crippen LogP contribution is 2.44. The summed E-state index contributed by atoms with van der Waals surface area (Å²) in [6.45, 7) is 0.749. The molecule has 1 amide bonds. The van der Waals surface area contributed by atoms with Crippen molar-refractivity contribution in [3.05, 3.63) is 36.5 Å². The Morgan fingerprint density at radius 2 is 1.75 bits per heavy atom. The zero-order chi connectivity index (χ0) is 25.1. The van der Waals surface area contributed by atoms with Gasteiger partial charge in [0.25, 0.3) is 0 Å². The molecule has 5 rings (SSSR count). The Bertz CT molecular complexity index is 1090. The number of aromatic nitrogens is 2. The van der Waals surface area contributed by atoms with E-state index < -0.39 is 11.4 Å². The first-order chi connectivity index (χ1) is 17.4. The lowest BCUT2D eigenvalue weighted by Crippen LogP contribution is -2.46. The summed E-state index contributed by atoms with van der Waals surface area (Å²) in [5, 5.41) is 15.7. The minimum Gasteiger partial charge on any atom is -0.497 e. The Balaban J connectivity index is 1.18. The third-order valence-electron chi connectivity index (χ3n) is 7.48. The fraction of sp³-hybridized carbons (Fsp3) is 0.538. The Morgan fingerprint density at radius 3 is 2.44 bits per heavy atom. The average Bonchev–Trinajstić information content (AvgIpc) is 3.58. The average molecular weight is 497 g/mol. The summed E-state index contributed by atoms with van der Waals surface area (Å²) in [6, 6.07) is 9.08. The number of nitrogens with one attached hydrogen (secondary N) is 2. The van der Waals surface area contributed by atoms with Gasteiger partial charge in [-0.1, -0.05) is 12.8 Å². The van der Waals surface area contributed by atoms with E-state index in [9.17, 15) is 14.7 Å². The van der Waals surface area contributed by atoms with Gasteiger partial charge in [-0.25, -0.2) is 9.97 Å². The maximum atomic E-state index is 12.9. The van der Waals surface area contributed by atoms with E-state index in [1.54, 1.807) is 13.3 Å². The number of anilines is 1. The van der Waals surface area contributed by atoms with Crippen LogP contribution in [0.4, 0.5) is 5.95 Å². The van der Waals surface area contributed by atoms with Gasteiger partial charge in [-0.2, -0.15) is 0 Å². The number of carbonyl (C=O) groups is 2. The van der Waals surface area contributed by atoms with Crippen LogP contribution in [0.1, 0.15) is 38.5 Å². The minimum atomic E-state index is -0.847. The van der Waals surface area contributed by atoms with Gasteiger partial charge < -0.3 is 30.0 Å². The predicted octanol–water partition coefficient (Wildman–Crippen LogP) is 2.64. The van der Waals surface area contributed by atoms with E-state index in [1.807, 2.05) is 30.3 Å². The molecule has 0 radical (unpaired) electrons. The Labute approximate surface area is 209 Å². The number of hydrogen-bond acceptors (Lipinski definition) is 8. The number of carbonyl (C=O) groups excluding carboxylic acids is 1. The first-order valence-corrected chi connectivity index (χ1v) is 12.4. The summed E-state index contributed by atoms with van der Waals surface area (Å²) in [6.07, 6.45) is 4.92. The van der Waals surface area contributed by atoms with Crippen LogP contribution in [0.25, 0.3) is 11.3 Å². The predicted molar refractivity (Wildman–Crippen MR) is 131 cm³/mol. The summed E-state index contributed by atoms with van der Waals surface area (Å²) < 4.78 is 17.2. The minimum absolute atomic E-state index is 0.0335. The van der Waals surface area contributed by atoms with Crippen LogP contribution in [0.15, 0.2) is 36.5 Å². The molecule has 36 heavy (non-hydrogen) atoms. The maximum absolute atomic E-state index is 12.9. The topological polar surface area (TPSA) is 132 Å². The van der Waals surface area contributed by atoms with Crippen molar-refractivity contribution in [2.24, 2.45) is 5.41 Å². The molecule has 0 spiro atoms. The van der Waals surface area contributed by atoms with Crippen molar-refractivity contribution in [2.45, 2.75) is 62.8 Å². The number of ether oxygens (including phenoxy) is 3. The van der Waals surface area contributed by atoms with Crippen LogP contribution in [-0.2, 0) is 19.1 Å². The molecule has 10 nitrogen and oxygen atoms in total. The number of aliphatic carboxylic acids is 1. The molecule has 192 valence electrons. The number of hydrogen-bond donors (Lipinski definition) is 3. The number of carboxylic acid groups (broad SMARTS) is 1. The molecule has 1 saturated carbocycles. The quantitative estimate of drug-likeness (QED) is 0.479. The second-order valence-electron chi connectivity index (χ2n) is 9.97. The number of amides is 1. The summed E-state index contributed by atoms with van der Waals surface area (Å²) in [7, 11) is 1.63. The second kappa shape index (κ2) is 10.4. The lowest BCUT2D eigenvalue weighted by Gasteiger charge is -2.27. The standard InChI is InChI=1S/C26H32N4O6/c1-34-17-6-4-16(5-7-17)18-8-11-27-25(29-18)30-20-15-36-23-19(14-35-24(20)23)28-21(31)12-26(13-22(32)33)9-2-3-10-26/h4-8,11,19-20,23-24H,2-3,9-10,12-15H2,1H3,(H,28,31)(H,32,33)(H,27,29,30)/t19-,20-,23+,24+/m0/s1. The monoisotopic (exact) mass is 496 g/mol. The van der Waals surface area contributed by atoms with E-state index in [0.29, 0.717) is 19.2 Å². The molecule has 0 unspecified atom stereocenters. The third kappa shape index (κ3) is 5.29. The van der Waals surface area contributed by atoms with Gasteiger partial charge in [-0.15, -0.1) is 0 Å². The van der Waals surface area contributed by atoms with Crippen LogP contribution in [0.5, 0.6) is 5.75 Å². The lowest BCUT2D eigenvalue weighted by molar-refractivity contribution is -0.140. The number of carboxylic acids is 1. The van der Waals surface area contributed by atoms with E-state index in [2.05, 4.69) is 20.6 Å². The molecule has 2 aromatic rings. The number of fused-ring (bicyclic) bond motifs is 1. The Kier molecular flexibility index (Phi) is 7.06. The van der Waals surface area contributed by atoms with Crippen molar-refractivity contribution in [1.29, 1.82) is 0 Å². The summed E-state index contributed by atoms with van der Waals surface area (Å²) in [5.41, 5.74) is 1.29. The molecule has 3 fully saturated rings. The first-order valence-electron chi connectivity index (χ1n) is 12.4. The normalized spacial score (nSPS) is 26.4. The summed E-state index contributed by atoms with van der Waals surface area (Å²) in [5.74, 6) is 0.273. The molecule has 2 saturated heterocycles. The van der Waals surface area contributed by atoms with Crippen molar-refractivity contribution in [3.8, 4) is 17.0 Å². The lowest BCUT2D eigenvalue weighted by atomic mass is 9.79. The molecule has 3 N–H and O–H groups in total. The third-order valence-corrected chi connectivity index (χ3v) is 7.48. The molecule has 3 aliphatic rings. The van der Waals surface area contributed by atoms with Crippen molar-refractivity contribution in [2.75, 3.05) is 25.6 Å². The van der Waals surface area contributed by atoms with Crippen LogP contribution in [0.3, 0.4) is 0 Å². The van der Waals surface area contributed by atoms with E-state index in [1.165, 1.54) is 0 Å². The molecule has 4 atom stereocenters. The SMILES string of the molecule is COc1ccc(-c2ccnc(N[C@H]3CO[C@H]4[C@@H]3OC[C@@H]4NC(=O)CC3(CC(=O)O)CCCC3)n2)cc1. The smallest absolute Gasteiger partial charge is 0.303 e. The van der Waals surface area contributed by atoms with Gasteiger partial charge in [0.2, 0.25) is 11.9 Å². The summed E-state index contributed by atoms with van der Waals surface area (Å²) in [4.78, 5) is 33.2. The van der Waals surface area contributed by atoms with Gasteiger partial charge in [0, 0.05) is 18.2 Å². The second-order valence-corrected chi connectivity index (χ2v) is 9.97. The summed E-state index contributed by atoms with van der Waals surface area (Å²) >= 11 is 0. The maximum Gasteiger partial charge on any atom is 0.303 e. The van der Waals surface area contributed by atoms with Crippen molar-refractivity contribution < 1.29 is 28.9 Å². The Hall–Kier alpha value is -3.24. The fourth-order valence-corrected chi connectivity index (χ4v) is 5.72. The number of nitrogens with zero attached hydrogens (tertiary/aromatic N) is 2. The zero-order valence-corrected chi connectivity index (χ0v) is 20.3. The highest BCUT2D eigenvalue weighted by Gasteiger charge is 2.49. The largest absolute Gasteiger partial charge is 0.497 e. The molecule has 2 aliphatic heterocycles. The van der Waals surface area contributed by atoms with Crippen molar-refractivity contribution in [1.82, 2.24) is 15.3 Å². The van der Waals surface area contributed by atoms with Gasteiger partial charge in [0.05, 0.1) is 44.5 Å². The Morgan fingerprint density at radius 1 is 1.06 bits per heavy atom. The zero-order valence-electron chi connectivity index (χ0n) is 20.3. The van der Waals surface area contributed by atoms with Crippen molar-refractivity contribution in [3.63, 3.8) is 0 Å². The van der Waals surface area contributed by atoms with Crippen LogP contribution in [-0.4, -0.2) is 71.6 Å². The van der Waals surface area contributed by atoms with Gasteiger partial charge in [0.15, 0.2) is 0 Å². The molecule has 1 aromatic carbocycles. The molecular weight excluding hydrogens is 464 g/mol. The molecule has 1 aliphatic carbocycles. The van der Waals surface area contributed by atoms with E-state index >= 15 is 0 Å². The van der Waals surface area contributed by atoms with Crippen molar-refractivity contribution >= 4 is 17.8 Å². The van der Waals surface area contributed by atoms with Gasteiger partial charge in [-0.05, 0) is 48.6 Å². The van der Waals surface area contributed by atoms with Crippen LogP contribution < -0.4 is 15.4 Å². The molecule has 10 heteroatoms.